The summed E-state index contributed by atoms with van der Waals surface area (Å²) in [5.41, 5.74) is 2.10. The Morgan fingerprint density at radius 1 is 1.31 bits per heavy atom. The summed E-state index contributed by atoms with van der Waals surface area (Å²) in [5.74, 6) is -0.299. The highest BCUT2D eigenvalue weighted by molar-refractivity contribution is 5.67. The number of hydrogen-bond acceptors (Lipinski definition) is 5. The molecule has 0 aromatic heterocycles. The van der Waals surface area contributed by atoms with E-state index in [1.807, 2.05) is 18.2 Å². The van der Waals surface area contributed by atoms with E-state index >= 15 is 0 Å². The maximum absolute atomic E-state index is 13.5. The van der Waals surface area contributed by atoms with Crippen LogP contribution < -0.4 is 14.8 Å². The number of aliphatic hydroxyl groups excluding tert-OH is 1. The predicted octanol–water partition coefficient (Wildman–Crippen LogP) is 2.57. The maximum atomic E-state index is 13.5. The van der Waals surface area contributed by atoms with Crippen LogP contribution in [0.5, 0.6) is 11.5 Å². The van der Waals surface area contributed by atoms with Crippen molar-refractivity contribution in [1.82, 2.24) is 5.32 Å². The summed E-state index contributed by atoms with van der Waals surface area (Å²) in [4.78, 5) is 10.7. The molecule has 0 amide bonds. The molecule has 6 nitrogen and oxygen atoms in total. The molecule has 0 aliphatic carbocycles. The average Bonchev–Trinajstić information content (AvgIpc) is 2.71. The second kappa shape index (κ2) is 10.2. The maximum Gasteiger partial charge on any atom is 0.303 e. The number of hydrogen-bond donors (Lipinski definition) is 3. The third kappa shape index (κ3) is 6.44. The second-order valence-corrected chi connectivity index (χ2v) is 7.17. The quantitative estimate of drug-likeness (QED) is 0.565. The van der Waals surface area contributed by atoms with E-state index in [-0.39, 0.29) is 24.9 Å². The van der Waals surface area contributed by atoms with Crippen molar-refractivity contribution in [2.75, 3.05) is 19.7 Å². The zero-order valence-electron chi connectivity index (χ0n) is 16.1. The Kier molecular flexibility index (Phi) is 7.43. The first-order valence-corrected chi connectivity index (χ1v) is 9.77. The van der Waals surface area contributed by atoms with E-state index in [4.69, 9.17) is 14.6 Å². The van der Waals surface area contributed by atoms with Crippen LogP contribution in [-0.4, -0.2) is 48.1 Å². The zero-order chi connectivity index (χ0) is 20.6. The minimum Gasteiger partial charge on any atom is -0.489 e. The molecule has 3 N–H and O–H groups in total. The number of benzene rings is 2. The number of carboxylic acid groups (broad SMARTS) is 1. The molecular weight excluding hydrogens is 377 g/mol. The molecule has 0 saturated carbocycles. The van der Waals surface area contributed by atoms with Gasteiger partial charge >= 0.3 is 5.97 Å². The molecule has 3 rings (SSSR count). The number of aliphatic carboxylic acids is 1. The third-order valence-electron chi connectivity index (χ3n) is 4.80. The van der Waals surface area contributed by atoms with E-state index < -0.39 is 17.9 Å². The van der Waals surface area contributed by atoms with Crippen molar-refractivity contribution < 1.29 is 28.9 Å². The van der Waals surface area contributed by atoms with Crippen LogP contribution in [-0.2, 0) is 17.6 Å². The van der Waals surface area contributed by atoms with Crippen LogP contribution >= 0.6 is 0 Å². The van der Waals surface area contributed by atoms with E-state index in [2.05, 4.69) is 5.32 Å². The van der Waals surface area contributed by atoms with Gasteiger partial charge in [-0.2, -0.15) is 0 Å². The van der Waals surface area contributed by atoms with E-state index in [0.717, 1.165) is 29.7 Å². The van der Waals surface area contributed by atoms with Crippen molar-refractivity contribution in [3.05, 3.63) is 59.4 Å². The smallest absolute Gasteiger partial charge is 0.303 e. The number of halogens is 1. The van der Waals surface area contributed by atoms with E-state index in [1.165, 1.54) is 12.1 Å². The van der Waals surface area contributed by atoms with Crippen LogP contribution in [0, 0.1) is 5.82 Å². The molecule has 0 saturated heterocycles. The predicted molar refractivity (Wildman–Crippen MR) is 106 cm³/mol. The molecule has 7 heteroatoms. The molecule has 156 valence electrons. The van der Waals surface area contributed by atoms with E-state index in [9.17, 15) is 14.3 Å². The topological polar surface area (TPSA) is 88.0 Å². The Bertz CT molecular complexity index is 829. The number of carboxylic acids is 1. The minimum atomic E-state index is -0.799. The summed E-state index contributed by atoms with van der Waals surface area (Å²) in [6.45, 7) is 0.896. The Hall–Kier alpha value is -2.64. The Balaban J connectivity index is 1.39. The van der Waals surface area contributed by atoms with E-state index in [1.54, 1.807) is 12.1 Å². The number of carbonyl (C=O) groups is 1. The van der Waals surface area contributed by atoms with Gasteiger partial charge in [0.2, 0.25) is 0 Å². The minimum absolute atomic E-state index is 0.00140. The molecule has 0 unspecified atom stereocenters. The normalized spacial score (nSPS) is 16.6. The fourth-order valence-electron chi connectivity index (χ4n) is 3.27. The highest BCUT2D eigenvalue weighted by Crippen LogP contribution is 2.28. The Labute approximate surface area is 169 Å². The van der Waals surface area contributed by atoms with Gasteiger partial charge in [0.25, 0.3) is 0 Å². The van der Waals surface area contributed by atoms with Gasteiger partial charge in [-0.15, -0.1) is 0 Å². The summed E-state index contributed by atoms with van der Waals surface area (Å²) in [7, 11) is 0. The Morgan fingerprint density at radius 3 is 2.93 bits per heavy atom. The molecule has 1 aliphatic rings. The van der Waals surface area contributed by atoms with Crippen molar-refractivity contribution in [2.45, 2.75) is 37.9 Å². The second-order valence-electron chi connectivity index (χ2n) is 7.17. The molecular formula is C22H26FNO5. The molecule has 2 aromatic rings. The van der Waals surface area contributed by atoms with Crippen LogP contribution in [0.15, 0.2) is 42.5 Å². The first kappa shape index (κ1) is 21.1. The van der Waals surface area contributed by atoms with Gasteiger partial charge in [-0.3, -0.25) is 4.79 Å². The molecule has 0 fully saturated rings. The first-order chi connectivity index (χ1) is 14.0. The van der Waals surface area contributed by atoms with Crippen molar-refractivity contribution in [3.8, 4) is 11.5 Å². The Morgan fingerprint density at radius 2 is 2.14 bits per heavy atom. The standard InChI is InChI=1S/C22H26FNO5/c23-19-3-1-2-4-21(19)28-14-17(25)12-24-13-18-8-7-16-11-15(6-10-22(26)27)5-9-20(16)29-18/h1-5,9,11,17-18,24-25H,6-8,10,12-14H2,(H,26,27)/t17-,18+/m0/s1. The monoisotopic (exact) mass is 403 g/mol. The number of rotatable bonds is 10. The summed E-state index contributed by atoms with van der Waals surface area (Å²) >= 11 is 0. The molecule has 0 bridgehead atoms. The van der Waals surface area contributed by atoms with Crippen LogP contribution in [0.1, 0.15) is 24.0 Å². The van der Waals surface area contributed by atoms with Gasteiger partial charge in [0.15, 0.2) is 11.6 Å². The highest BCUT2D eigenvalue weighted by Gasteiger charge is 2.20. The zero-order valence-corrected chi connectivity index (χ0v) is 16.1. The van der Waals surface area contributed by atoms with Crippen LogP contribution in [0.3, 0.4) is 0 Å². The fourth-order valence-corrected chi connectivity index (χ4v) is 3.27. The van der Waals surface area contributed by atoms with Crippen molar-refractivity contribution >= 4 is 5.97 Å². The number of fused-ring (bicyclic) bond motifs is 1. The van der Waals surface area contributed by atoms with Gasteiger partial charge < -0.3 is 25.0 Å². The molecule has 1 heterocycles. The van der Waals surface area contributed by atoms with Crippen LogP contribution in [0.25, 0.3) is 0 Å². The van der Waals surface area contributed by atoms with Gasteiger partial charge in [0, 0.05) is 19.5 Å². The number of ether oxygens (including phenoxy) is 2. The summed E-state index contributed by atoms with van der Waals surface area (Å²) in [6, 6.07) is 11.9. The lowest BCUT2D eigenvalue weighted by atomic mass is 9.98. The average molecular weight is 403 g/mol. The lowest BCUT2D eigenvalue weighted by molar-refractivity contribution is -0.136. The van der Waals surface area contributed by atoms with Gasteiger partial charge in [-0.25, -0.2) is 4.39 Å². The lowest BCUT2D eigenvalue weighted by Crippen LogP contribution is -2.39. The number of para-hydroxylation sites is 1. The first-order valence-electron chi connectivity index (χ1n) is 9.77. The van der Waals surface area contributed by atoms with Gasteiger partial charge in [-0.1, -0.05) is 24.3 Å². The number of nitrogens with one attached hydrogen (secondary N) is 1. The number of aliphatic hydroxyl groups is 1. The molecule has 0 radical (unpaired) electrons. The lowest BCUT2D eigenvalue weighted by Gasteiger charge is -2.27. The van der Waals surface area contributed by atoms with Gasteiger partial charge in [0.05, 0.1) is 0 Å². The van der Waals surface area contributed by atoms with Crippen molar-refractivity contribution in [1.29, 1.82) is 0 Å². The van der Waals surface area contributed by atoms with Crippen molar-refractivity contribution in [3.63, 3.8) is 0 Å². The third-order valence-corrected chi connectivity index (χ3v) is 4.80. The van der Waals surface area contributed by atoms with Gasteiger partial charge in [0.1, 0.15) is 24.6 Å². The molecule has 2 atom stereocenters. The van der Waals surface area contributed by atoms with Crippen LogP contribution in [0.2, 0.25) is 0 Å². The van der Waals surface area contributed by atoms with Gasteiger partial charge in [-0.05, 0) is 48.6 Å². The summed E-state index contributed by atoms with van der Waals surface area (Å²) < 4.78 is 24.8. The molecule has 0 spiro atoms. The number of aryl methyl sites for hydroxylation is 2. The molecule has 1 aliphatic heterocycles. The molecule has 2 aromatic carbocycles. The summed E-state index contributed by atoms with van der Waals surface area (Å²) in [6.07, 6.45) is 1.57. The SMILES string of the molecule is O=C(O)CCc1ccc2c(c1)CC[C@H](CNC[C@H](O)COc1ccccc1F)O2. The van der Waals surface area contributed by atoms with E-state index in [0.29, 0.717) is 19.5 Å². The largest absolute Gasteiger partial charge is 0.489 e. The highest BCUT2D eigenvalue weighted by atomic mass is 19.1. The van der Waals surface area contributed by atoms with Crippen molar-refractivity contribution in [2.24, 2.45) is 0 Å². The van der Waals surface area contributed by atoms with Crippen LogP contribution in [0.4, 0.5) is 4.39 Å². The summed E-state index contributed by atoms with van der Waals surface area (Å²) in [5, 5.41) is 22.0. The fraction of sp³-hybridized carbons (Fsp3) is 0.409. The molecule has 29 heavy (non-hydrogen) atoms.